The molecule has 2 aliphatic carbocycles. The molecule has 3 heteroatoms. The summed E-state index contributed by atoms with van der Waals surface area (Å²) in [6.45, 7) is 5.84. The van der Waals surface area contributed by atoms with Gasteiger partial charge in [0, 0.05) is 12.6 Å². The SMILES string of the molecule is CCOC(=O)C1CCCC(NCC2(CC)CCC2)C1. The Bertz CT molecular complexity index is 294. The van der Waals surface area contributed by atoms with Gasteiger partial charge < -0.3 is 10.1 Å². The molecule has 2 rings (SSSR count). The van der Waals surface area contributed by atoms with E-state index in [1.54, 1.807) is 0 Å². The first-order valence-corrected chi connectivity index (χ1v) is 8.09. The zero-order valence-corrected chi connectivity index (χ0v) is 12.5. The minimum atomic E-state index is 0.0165. The molecule has 0 radical (unpaired) electrons. The van der Waals surface area contributed by atoms with E-state index in [0.29, 0.717) is 18.1 Å². The van der Waals surface area contributed by atoms with Crippen LogP contribution in [0.15, 0.2) is 0 Å². The molecule has 0 spiro atoms. The molecule has 0 aromatic carbocycles. The van der Waals surface area contributed by atoms with Crippen LogP contribution in [0.2, 0.25) is 0 Å². The smallest absolute Gasteiger partial charge is 0.308 e. The zero-order valence-electron chi connectivity index (χ0n) is 12.5. The van der Waals surface area contributed by atoms with Gasteiger partial charge in [0.25, 0.3) is 0 Å². The van der Waals surface area contributed by atoms with Gasteiger partial charge in [-0.1, -0.05) is 19.8 Å². The van der Waals surface area contributed by atoms with Crippen LogP contribution in [-0.2, 0) is 9.53 Å². The minimum absolute atomic E-state index is 0.0165. The Balaban J connectivity index is 1.76. The van der Waals surface area contributed by atoms with Crippen molar-refractivity contribution in [3.05, 3.63) is 0 Å². The van der Waals surface area contributed by atoms with Crippen LogP contribution in [0, 0.1) is 11.3 Å². The highest BCUT2D eigenvalue weighted by Gasteiger charge is 2.36. The lowest BCUT2D eigenvalue weighted by Gasteiger charge is -2.43. The maximum atomic E-state index is 11.8. The van der Waals surface area contributed by atoms with E-state index in [1.165, 1.54) is 32.1 Å². The van der Waals surface area contributed by atoms with Crippen molar-refractivity contribution in [1.29, 1.82) is 0 Å². The molecule has 19 heavy (non-hydrogen) atoms. The summed E-state index contributed by atoms with van der Waals surface area (Å²) in [7, 11) is 0. The number of carbonyl (C=O) groups is 1. The van der Waals surface area contributed by atoms with Crippen molar-refractivity contribution in [2.45, 2.75) is 71.3 Å². The molecule has 0 aliphatic heterocycles. The molecule has 3 nitrogen and oxygen atoms in total. The van der Waals surface area contributed by atoms with E-state index in [0.717, 1.165) is 25.8 Å². The van der Waals surface area contributed by atoms with E-state index in [4.69, 9.17) is 4.74 Å². The van der Waals surface area contributed by atoms with Crippen molar-refractivity contribution in [2.24, 2.45) is 11.3 Å². The van der Waals surface area contributed by atoms with E-state index in [1.807, 2.05) is 6.92 Å². The summed E-state index contributed by atoms with van der Waals surface area (Å²) in [5, 5.41) is 3.73. The van der Waals surface area contributed by atoms with Crippen LogP contribution in [0.1, 0.15) is 65.2 Å². The van der Waals surface area contributed by atoms with Gasteiger partial charge in [0.05, 0.1) is 12.5 Å². The predicted molar refractivity (Wildman–Crippen MR) is 77.0 cm³/mol. The van der Waals surface area contributed by atoms with E-state index in [-0.39, 0.29) is 11.9 Å². The van der Waals surface area contributed by atoms with Crippen LogP contribution in [0.4, 0.5) is 0 Å². The first-order chi connectivity index (χ1) is 9.19. The summed E-state index contributed by atoms with van der Waals surface area (Å²) in [6.07, 6.45) is 9.79. The Hall–Kier alpha value is -0.570. The van der Waals surface area contributed by atoms with Crippen LogP contribution in [0.5, 0.6) is 0 Å². The second-order valence-electron chi connectivity index (χ2n) is 6.40. The Morgan fingerprint density at radius 1 is 1.26 bits per heavy atom. The lowest BCUT2D eigenvalue weighted by molar-refractivity contribution is -0.149. The molecule has 2 saturated carbocycles. The van der Waals surface area contributed by atoms with Crippen molar-refractivity contribution in [2.75, 3.05) is 13.2 Å². The summed E-state index contributed by atoms with van der Waals surface area (Å²) < 4.78 is 5.16. The quantitative estimate of drug-likeness (QED) is 0.751. The van der Waals surface area contributed by atoms with Gasteiger partial charge in [-0.2, -0.15) is 0 Å². The lowest BCUT2D eigenvalue weighted by Crippen LogP contribution is -2.45. The third kappa shape index (κ3) is 3.71. The maximum Gasteiger partial charge on any atom is 0.308 e. The van der Waals surface area contributed by atoms with Crippen LogP contribution in [-0.4, -0.2) is 25.2 Å². The minimum Gasteiger partial charge on any atom is -0.466 e. The monoisotopic (exact) mass is 267 g/mol. The third-order valence-corrected chi connectivity index (χ3v) is 5.22. The van der Waals surface area contributed by atoms with Gasteiger partial charge in [-0.15, -0.1) is 0 Å². The Kier molecular flexibility index (Phi) is 5.26. The summed E-state index contributed by atoms with van der Waals surface area (Å²) in [6, 6.07) is 0.521. The fourth-order valence-corrected chi connectivity index (χ4v) is 3.54. The molecule has 2 unspecified atom stereocenters. The number of nitrogens with one attached hydrogen (secondary N) is 1. The largest absolute Gasteiger partial charge is 0.466 e. The zero-order chi connectivity index (χ0) is 13.7. The molecule has 0 bridgehead atoms. The van der Waals surface area contributed by atoms with Crippen LogP contribution >= 0.6 is 0 Å². The van der Waals surface area contributed by atoms with Gasteiger partial charge in [-0.3, -0.25) is 4.79 Å². The van der Waals surface area contributed by atoms with Crippen LogP contribution in [0.3, 0.4) is 0 Å². The molecular weight excluding hydrogens is 238 g/mol. The fourth-order valence-electron chi connectivity index (χ4n) is 3.54. The summed E-state index contributed by atoms with van der Waals surface area (Å²) in [5.74, 6) is 0.146. The van der Waals surface area contributed by atoms with Gasteiger partial charge in [0.15, 0.2) is 0 Å². The number of carbonyl (C=O) groups excluding carboxylic acids is 1. The highest BCUT2D eigenvalue weighted by Crippen LogP contribution is 2.43. The molecule has 0 aromatic heterocycles. The molecule has 2 fully saturated rings. The van der Waals surface area contributed by atoms with Crippen LogP contribution in [0.25, 0.3) is 0 Å². The van der Waals surface area contributed by atoms with E-state index < -0.39 is 0 Å². The van der Waals surface area contributed by atoms with Crippen molar-refractivity contribution < 1.29 is 9.53 Å². The van der Waals surface area contributed by atoms with E-state index in [9.17, 15) is 4.79 Å². The summed E-state index contributed by atoms with van der Waals surface area (Å²) in [4.78, 5) is 11.8. The molecular formula is C16H29NO2. The van der Waals surface area contributed by atoms with E-state index >= 15 is 0 Å². The first kappa shape index (κ1) is 14.8. The van der Waals surface area contributed by atoms with Crippen molar-refractivity contribution >= 4 is 5.97 Å². The number of ether oxygens (including phenoxy) is 1. The highest BCUT2D eigenvalue weighted by atomic mass is 16.5. The highest BCUT2D eigenvalue weighted by molar-refractivity contribution is 5.72. The van der Waals surface area contributed by atoms with Gasteiger partial charge in [0.1, 0.15) is 0 Å². The Labute approximate surface area is 117 Å². The Morgan fingerprint density at radius 3 is 2.63 bits per heavy atom. The van der Waals surface area contributed by atoms with E-state index in [2.05, 4.69) is 12.2 Å². The van der Waals surface area contributed by atoms with Crippen molar-refractivity contribution in [1.82, 2.24) is 5.32 Å². The predicted octanol–water partition coefficient (Wildman–Crippen LogP) is 3.28. The number of hydrogen-bond acceptors (Lipinski definition) is 3. The average molecular weight is 267 g/mol. The summed E-state index contributed by atoms with van der Waals surface area (Å²) >= 11 is 0. The fraction of sp³-hybridized carbons (Fsp3) is 0.938. The molecule has 0 saturated heterocycles. The number of esters is 1. The summed E-state index contributed by atoms with van der Waals surface area (Å²) in [5.41, 5.74) is 0.566. The lowest BCUT2D eigenvalue weighted by atomic mass is 9.67. The van der Waals surface area contributed by atoms with Gasteiger partial charge in [0.2, 0.25) is 0 Å². The van der Waals surface area contributed by atoms with Gasteiger partial charge in [-0.05, 0) is 50.9 Å². The van der Waals surface area contributed by atoms with Crippen LogP contribution < -0.4 is 5.32 Å². The topological polar surface area (TPSA) is 38.3 Å². The number of hydrogen-bond donors (Lipinski definition) is 1. The van der Waals surface area contributed by atoms with Crippen molar-refractivity contribution in [3.63, 3.8) is 0 Å². The second kappa shape index (κ2) is 6.74. The van der Waals surface area contributed by atoms with Gasteiger partial charge in [-0.25, -0.2) is 0 Å². The molecule has 2 atom stereocenters. The second-order valence-corrected chi connectivity index (χ2v) is 6.40. The molecule has 0 heterocycles. The average Bonchev–Trinajstić information content (AvgIpc) is 2.39. The van der Waals surface area contributed by atoms with Gasteiger partial charge >= 0.3 is 5.97 Å². The number of rotatable bonds is 6. The first-order valence-electron chi connectivity index (χ1n) is 8.09. The standard InChI is InChI=1S/C16H29NO2/c1-3-16(9-6-10-16)12-17-14-8-5-7-13(11-14)15(18)19-4-2/h13-14,17H,3-12H2,1-2H3. The maximum absolute atomic E-state index is 11.8. The molecule has 0 amide bonds. The Morgan fingerprint density at radius 2 is 2.05 bits per heavy atom. The third-order valence-electron chi connectivity index (χ3n) is 5.22. The molecule has 1 N–H and O–H groups in total. The molecule has 0 aromatic rings. The normalized spacial score (nSPS) is 29.6. The van der Waals surface area contributed by atoms with Crippen molar-refractivity contribution in [3.8, 4) is 0 Å². The molecule has 2 aliphatic rings. The molecule has 110 valence electrons.